The van der Waals surface area contributed by atoms with Gasteiger partial charge < -0.3 is 4.74 Å². The molecule has 0 saturated carbocycles. The molecule has 2 atom stereocenters. The summed E-state index contributed by atoms with van der Waals surface area (Å²) in [5.41, 5.74) is 0.885. The fraction of sp³-hybridized carbons (Fsp3) is 0.278. The first kappa shape index (κ1) is 14.8. The van der Waals surface area contributed by atoms with E-state index in [9.17, 15) is 14.9 Å². The van der Waals surface area contributed by atoms with Gasteiger partial charge in [-0.1, -0.05) is 30.3 Å². The van der Waals surface area contributed by atoms with Gasteiger partial charge in [0.15, 0.2) is 5.60 Å². The Balaban J connectivity index is 1.74. The molecule has 1 spiro atoms. The van der Waals surface area contributed by atoms with E-state index in [4.69, 9.17) is 4.74 Å². The topological polar surface area (TPSA) is 72.7 Å². The molecule has 2 saturated heterocycles. The Morgan fingerprint density at radius 1 is 1.12 bits per heavy atom. The number of anilines is 1. The Labute approximate surface area is 138 Å². The molecular formula is C18H16N2O4. The quantitative estimate of drug-likeness (QED) is 0.493. The number of carbonyl (C=O) groups excluding carboxylic acids is 1. The van der Waals surface area contributed by atoms with Crippen molar-refractivity contribution in [2.75, 3.05) is 11.5 Å². The maximum Gasteiger partial charge on any atom is 0.269 e. The zero-order valence-corrected chi connectivity index (χ0v) is 12.9. The Morgan fingerprint density at radius 2 is 1.83 bits per heavy atom. The van der Waals surface area contributed by atoms with Gasteiger partial charge in [-0.05, 0) is 30.5 Å². The summed E-state index contributed by atoms with van der Waals surface area (Å²) in [5, 5.41) is 10.8. The predicted molar refractivity (Wildman–Crippen MR) is 87.7 cm³/mol. The van der Waals surface area contributed by atoms with E-state index in [0.29, 0.717) is 18.7 Å². The van der Waals surface area contributed by atoms with Crippen molar-refractivity contribution in [1.82, 2.24) is 0 Å². The minimum absolute atomic E-state index is 0.00909. The highest BCUT2D eigenvalue weighted by Gasteiger charge is 2.64. The van der Waals surface area contributed by atoms with E-state index < -0.39 is 10.5 Å². The molecule has 2 heterocycles. The summed E-state index contributed by atoms with van der Waals surface area (Å²) >= 11 is 0. The lowest BCUT2D eigenvalue weighted by Gasteiger charge is -2.53. The Hall–Kier alpha value is -2.73. The van der Waals surface area contributed by atoms with Gasteiger partial charge in [-0.25, -0.2) is 0 Å². The van der Waals surface area contributed by atoms with Crippen molar-refractivity contribution in [3.63, 3.8) is 0 Å². The zero-order chi connectivity index (χ0) is 16.7. The third-order valence-corrected chi connectivity index (χ3v) is 4.79. The molecule has 6 heteroatoms. The number of ether oxygens (including phenoxy) is 1. The summed E-state index contributed by atoms with van der Waals surface area (Å²) in [6.45, 7) is 0.586. The van der Waals surface area contributed by atoms with Crippen LogP contribution >= 0.6 is 0 Å². The molecule has 2 aliphatic heterocycles. The third kappa shape index (κ3) is 2.03. The molecular weight excluding hydrogens is 308 g/mol. The minimum Gasteiger partial charge on any atom is -0.363 e. The average molecular weight is 324 g/mol. The molecule has 2 aromatic rings. The van der Waals surface area contributed by atoms with Crippen molar-refractivity contribution >= 4 is 17.3 Å². The SMILES string of the molecule is O=C1N(c2ccc([N+](=O)[O-])cc2)[C@H](c2ccccc2)[C@@]12CCCO2. The monoisotopic (exact) mass is 324 g/mol. The van der Waals surface area contributed by atoms with Gasteiger partial charge in [0.05, 0.1) is 4.92 Å². The van der Waals surface area contributed by atoms with Crippen LogP contribution in [0, 0.1) is 10.1 Å². The van der Waals surface area contributed by atoms with Crippen molar-refractivity contribution in [1.29, 1.82) is 0 Å². The smallest absolute Gasteiger partial charge is 0.269 e. The molecule has 1 amide bonds. The van der Waals surface area contributed by atoms with Crippen molar-refractivity contribution in [2.45, 2.75) is 24.5 Å². The summed E-state index contributed by atoms with van der Waals surface area (Å²) in [4.78, 5) is 24.9. The number of nitro benzene ring substituents is 1. The van der Waals surface area contributed by atoms with Gasteiger partial charge in [0, 0.05) is 24.4 Å². The van der Waals surface area contributed by atoms with Crippen LogP contribution in [-0.2, 0) is 9.53 Å². The van der Waals surface area contributed by atoms with Crippen LogP contribution in [0.25, 0.3) is 0 Å². The molecule has 2 aliphatic rings. The molecule has 2 aromatic carbocycles. The number of rotatable bonds is 3. The van der Waals surface area contributed by atoms with Gasteiger partial charge in [0.25, 0.3) is 11.6 Å². The number of nitrogens with zero attached hydrogens (tertiary/aromatic N) is 2. The largest absolute Gasteiger partial charge is 0.363 e. The van der Waals surface area contributed by atoms with E-state index in [1.807, 2.05) is 30.3 Å². The zero-order valence-electron chi connectivity index (χ0n) is 12.9. The molecule has 0 unspecified atom stereocenters. The Bertz CT molecular complexity index is 782. The summed E-state index contributed by atoms with van der Waals surface area (Å²) in [5.74, 6) is -0.0669. The lowest BCUT2D eigenvalue weighted by Crippen LogP contribution is -2.68. The third-order valence-electron chi connectivity index (χ3n) is 4.79. The maximum absolute atomic E-state index is 12.9. The first-order chi connectivity index (χ1) is 11.6. The van der Waals surface area contributed by atoms with E-state index in [1.165, 1.54) is 12.1 Å². The van der Waals surface area contributed by atoms with Crippen molar-refractivity contribution in [3.8, 4) is 0 Å². The lowest BCUT2D eigenvalue weighted by atomic mass is 9.75. The van der Waals surface area contributed by atoms with Crippen LogP contribution in [0.1, 0.15) is 24.4 Å². The van der Waals surface area contributed by atoms with Crippen LogP contribution in [-0.4, -0.2) is 23.0 Å². The lowest BCUT2D eigenvalue weighted by molar-refractivity contribution is -0.384. The molecule has 0 bridgehead atoms. The molecule has 0 aliphatic carbocycles. The maximum atomic E-state index is 12.9. The van der Waals surface area contributed by atoms with E-state index in [1.54, 1.807) is 17.0 Å². The first-order valence-corrected chi connectivity index (χ1v) is 7.90. The standard InChI is InChI=1S/C18H16N2O4/c21-17-18(11-4-12-24-18)16(13-5-2-1-3-6-13)19(17)14-7-9-15(10-8-14)20(22)23/h1-3,5-10,16H,4,11-12H2/t16-,18+/m1/s1. The molecule has 0 aromatic heterocycles. The summed E-state index contributed by atoms with van der Waals surface area (Å²) in [7, 11) is 0. The Morgan fingerprint density at radius 3 is 2.42 bits per heavy atom. The van der Waals surface area contributed by atoms with Gasteiger partial charge in [-0.2, -0.15) is 0 Å². The predicted octanol–water partition coefficient (Wildman–Crippen LogP) is 3.23. The van der Waals surface area contributed by atoms with E-state index in [-0.39, 0.29) is 17.6 Å². The molecule has 0 radical (unpaired) electrons. The molecule has 24 heavy (non-hydrogen) atoms. The van der Waals surface area contributed by atoms with Gasteiger partial charge in [-0.3, -0.25) is 19.8 Å². The highest BCUT2D eigenvalue weighted by Crippen LogP contribution is 2.52. The van der Waals surface area contributed by atoms with Crippen molar-refractivity contribution in [3.05, 3.63) is 70.3 Å². The molecule has 0 N–H and O–H groups in total. The van der Waals surface area contributed by atoms with Gasteiger partial charge in [0.1, 0.15) is 6.04 Å². The van der Waals surface area contributed by atoms with Gasteiger partial charge >= 0.3 is 0 Å². The van der Waals surface area contributed by atoms with E-state index >= 15 is 0 Å². The van der Waals surface area contributed by atoms with E-state index in [0.717, 1.165) is 12.0 Å². The van der Waals surface area contributed by atoms with Crippen molar-refractivity contribution in [2.24, 2.45) is 0 Å². The normalized spacial score (nSPS) is 25.8. The minimum atomic E-state index is -0.789. The van der Waals surface area contributed by atoms with Gasteiger partial charge in [0.2, 0.25) is 0 Å². The fourth-order valence-corrected chi connectivity index (χ4v) is 3.68. The number of nitro groups is 1. The van der Waals surface area contributed by atoms with Crippen LogP contribution in [0.3, 0.4) is 0 Å². The van der Waals surface area contributed by atoms with Crippen LogP contribution < -0.4 is 4.90 Å². The van der Waals surface area contributed by atoms with Crippen LogP contribution in [0.15, 0.2) is 54.6 Å². The second-order valence-corrected chi connectivity index (χ2v) is 6.10. The fourth-order valence-electron chi connectivity index (χ4n) is 3.68. The number of carbonyl (C=O) groups is 1. The highest BCUT2D eigenvalue weighted by molar-refractivity contribution is 6.08. The first-order valence-electron chi connectivity index (χ1n) is 7.90. The summed E-state index contributed by atoms with van der Waals surface area (Å²) in [6.07, 6.45) is 1.57. The number of amides is 1. The summed E-state index contributed by atoms with van der Waals surface area (Å²) < 4.78 is 5.87. The number of non-ortho nitro benzene ring substituents is 1. The van der Waals surface area contributed by atoms with Crippen molar-refractivity contribution < 1.29 is 14.5 Å². The van der Waals surface area contributed by atoms with Crippen LogP contribution in [0.2, 0.25) is 0 Å². The van der Waals surface area contributed by atoms with Crippen LogP contribution in [0.5, 0.6) is 0 Å². The second kappa shape index (κ2) is 5.42. The average Bonchev–Trinajstić information content (AvgIpc) is 3.12. The number of benzene rings is 2. The molecule has 122 valence electrons. The number of hydrogen-bond donors (Lipinski definition) is 0. The molecule has 4 rings (SSSR count). The van der Waals surface area contributed by atoms with E-state index in [2.05, 4.69) is 0 Å². The molecule has 6 nitrogen and oxygen atoms in total. The second-order valence-electron chi connectivity index (χ2n) is 6.10. The number of hydrogen-bond acceptors (Lipinski definition) is 4. The van der Waals surface area contributed by atoms with Crippen LogP contribution in [0.4, 0.5) is 11.4 Å². The number of β-lactam (4-membered cyclic amide) rings is 1. The Kier molecular flexibility index (Phi) is 3.35. The highest BCUT2D eigenvalue weighted by atomic mass is 16.6. The summed E-state index contributed by atoms with van der Waals surface area (Å²) in [6, 6.07) is 15.7. The van der Waals surface area contributed by atoms with Gasteiger partial charge in [-0.15, -0.1) is 0 Å². The molecule has 2 fully saturated rings.